The van der Waals surface area contributed by atoms with Crippen molar-refractivity contribution in [3.05, 3.63) is 113 Å². The lowest BCUT2D eigenvalue weighted by molar-refractivity contribution is -0.137. The van der Waals surface area contributed by atoms with Gasteiger partial charge in [0.25, 0.3) is 0 Å². The molecule has 1 aliphatic carbocycles. The number of rotatable bonds is 6. The molecule has 1 aromatic heterocycles. The quantitative estimate of drug-likeness (QED) is 0.249. The summed E-state index contributed by atoms with van der Waals surface area (Å²) < 4.78 is 38.8. The van der Waals surface area contributed by atoms with Crippen molar-refractivity contribution in [2.24, 2.45) is 0 Å². The molecule has 4 aromatic rings. The van der Waals surface area contributed by atoms with E-state index in [1.807, 2.05) is 45.0 Å². The molecular weight excluding hydrogens is 525 g/mol. The lowest BCUT2D eigenvalue weighted by Crippen LogP contribution is -2.19. The first kappa shape index (κ1) is 29.3. The average Bonchev–Trinajstić information content (AvgIpc) is 3.79. The lowest BCUT2D eigenvalue weighted by atomic mass is 9.96. The molecule has 5 nitrogen and oxygen atoms in total. The van der Waals surface area contributed by atoms with Gasteiger partial charge < -0.3 is 10.6 Å². The van der Waals surface area contributed by atoms with Gasteiger partial charge in [-0.1, -0.05) is 69.3 Å². The van der Waals surface area contributed by atoms with Gasteiger partial charge >= 0.3 is 12.2 Å². The SMILES string of the molecule is CC.CCc1nc(C2CC2c2ccccc2)cc(-c2ccc(NC(=O)Nc3cccc(C(F)(F)F)c3)cc2)c1C#N. The van der Waals surface area contributed by atoms with Crippen LogP contribution in [0.1, 0.15) is 67.1 Å². The summed E-state index contributed by atoms with van der Waals surface area (Å²) in [6.07, 6.45) is -2.87. The monoisotopic (exact) mass is 556 g/mol. The van der Waals surface area contributed by atoms with Gasteiger partial charge in [0.2, 0.25) is 0 Å². The largest absolute Gasteiger partial charge is 0.416 e. The molecular formula is C33H31F3N4O. The number of urea groups is 1. The topological polar surface area (TPSA) is 77.8 Å². The Balaban J connectivity index is 0.00000189. The molecule has 8 heteroatoms. The van der Waals surface area contributed by atoms with E-state index in [0.717, 1.165) is 41.1 Å². The van der Waals surface area contributed by atoms with Gasteiger partial charge in [-0.25, -0.2) is 4.79 Å². The third-order valence-electron chi connectivity index (χ3n) is 6.86. The predicted octanol–water partition coefficient (Wildman–Crippen LogP) is 9.14. The molecule has 0 saturated heterocycles. The molecule has 2 N–H and O–H groups in total. The van der Waals surface area contributed by atoms with Gasteiger partial charge in [0, 0.05) is 28.6 Å². The maximum Gasteiger partial charge on any atom is 0.416 e. The Kier molecular flexibility index (Phi) is 9.08. The van der Waals surface area contributed by atoms with E-state index in [0.29, 0.717) is 29.5 Å². The summed E-state index contributed by atoms with van der Waals surface area (Å²) >= 11 is 0. The van der Waals surface area contributed by atoms with E-state index in [1.54, 1.807) is 24.3 Å². The molecule has 1 fully saturated rings. The second-order valence-electron chi connectivity index (χ2n) is 9.48. The van der Waals surface area contributed by atoms with E-state index in [4.69, 9.17) is 4.98 Å². The first-order valence-electron chi connectivity index (χ1n) is 13.6. The first-order chi connectivity index (χ1) is 19.8. The normalized spacial score (nSPS) is 15.6. The summed E-state index contributed by atoms with van der Waals surface area (Å²) in [6, 6.07) is 25.4. The van der Waals surface area contributed by atoms with Crippen molar-refractivity contribution < 1.29 is 18.0 Å². The molecule has 1 aliphatic rings. The van der Waals surface area contributed by atoms with E-state index in [2.05, 4.69) is 28.8 Å². The number of anilines is 2. The standard InChI is InChI=1S/C31H25F3N4O.C2H6/c1-2-28-27(18-35)25(17-29(38-28)26-16-24(26)19-7-4-3-5-8-19)20-11-13-22(14-12-20)36-30(39)37-23-10-6-9-21(15-23)31(32,33)34;1-2/h3-15,17,24,26H,2,16H2,1H3,(H2,36,37,39);1-2H3. The number of nitriles is 1. The van der Waals surface area contributed by atoms with Crippen LogP contribution in [0.3, 0.4) is 0 Å². The Morgan fingerprint density at radius 1 is 0.927 bits per heavy atom. The highest BCUT2D eigenvalue weighted by Gasteiger charge is 2.41. The minimum Gasteiger partial charge on any atom is -0.308 e. The Hall–Kier alpha value is -4.64. The number of aryl methyl sites for hydroxylation is 1. The lowest BCUT2D eigenvalue weighted by Gasteiger charge is -2.13. The Morgan fingerprint density at radius 2 is 1.61 bits per heavy atom. The zero-order chi connectivity index (χ0) is 29.6. The molecule has 210 valence electrons. The second-order valence-corrected chi connectivity index (χ2v) is 9.48. The van der Waals surface area contributed by atoms with E-state index >= 15 is 0 Å². The zero-order valence-electron chi connectivity index (χ0n) is 23.1. The molecule has 2 unspecified atom stereocenters. The highest BCUT2D eigenvalue weighted by atomic mass is 19.4. The molecule has 41 heavy (non-hydrogen) atoms. The van der Waals surface area contributed by atoms with E-state index in [9.17, 15) is 23.2 Å². The summed E-state index contributed by atoms with van der Waals surface area (Å²) in [5.41, 5.74) is 4.78. The molecule has 0 radical (unpaired) electrons. The number of carbonyl (C=O) groups is 1. The van der Waals surface area contributed by atoms with Crippen molar-refractivity contribution in [1.82, 2.24) is 4.98 Å². The van der Waals surface area contributed by atoms with Gasteiger partial charge in [-0.15, -0.1) is 0 Å². The van der Waals surface area contributed by atoms with Gasteiger partial charge in [-0.05, 0) is 66.3 Å². The average molecular weight is 557 g/mol. The van der Waals surface area contributed by atoms with E-state index < -0.39 is 17.8 Å². The fraction of sp³-hybridized carbons (Fsp3) is 0.242. The number of carbonyl (C=O) groups excluding carboxylic acids is 1. The Morgan fingerprint density at radius 3 is 2.24 bits per heavy atom. The maximum atomic E-state index is 12.9. The van der Waals surface area contributed by atoms with Crippen LogP contribution in [0.5, 0.6) is 0 Å². The van der Waals surface area contributed by atoms with Crippen LogP contribution >= 0.6 is 0 Å². The zero-order valence-corrected chi connectivity index (χ0v) is 23.1. The van der Waals surface area contributed by atoms with Crippen molar-refractivity contribution in [3.63, 3.8) is 0 Å². The van der Waals surface area contributed by atoms with Crippen LogP contribution in [0.4, 0.5) is 29.3 Å². The van der Waals surface area contributed by atoms with Crippen LogP contribution in [-0.4, -0.2) is 11.0 Å². The number of hydrogen-bond acceptors (Lipinski definition) is 3. The molecule has 1 saturated carbocycles. The second kappa shape index (κ2) is 12.7. The summed E-state index contributed by atoms with van der Waals surface area (Å²) in [5.74, 6) is 0.704. The third kappa shape index (κ3) is 6.93. The number of amides is 2. The minimum atomic E-state index is -4.50. The van der Waals surface area contributed by atoms with Crippen molar-refractivity contribution in [1.29, 1.82) is 5.26 Å². The third-order valence-corrected chi connectivity index (χ3v) is 6.86. The Bertz CT molecular complexity index is 1540. The van der Waals surface area contributed by atoms with Crippen LogP contribution in [0.25, 0.3) is 11.1 Å². The van der Waals surface area contributed by atoms with Crippen molar-refractivity contribution in [3.8, 4) is 17.2 Å². The van der Waals surface area contributed by atoms with Gasteiger partial charge in [0.05, 0.1) is 16.8 Å². The number of pyridine rings is 1. The molecule has 0 aliphatic heterocycles. The van der Waals surface area contributed by atoms with E-state index in [-0.39, 0.29) is 5.69 Å². The molecule has 3 aromatic carbocycles. The van der Waals surface area contributed by atoms with Gasteiger partial charge in [0.1, 0.15) is 6.07 Å². The number of benzene rings is 3. The fourth-order valence-electron chi connectivity index (χ4n) is 4.81. The van der Waals surface area contributed by atoms with Crippen molar-refractivity contribution in [2.45, 2.75) is 51.6 Å². The molecule has 1 heterocycles. The minimum absolute atomic E-state index is 0.0305. The smallest absolute Gasteiger partial charge is 0.308 e. The highest BCUT2D eigenvalue weighted by molar-refractivity contribution is 6.00. The molecule has 2 atom stereocenters. The van der Waals surface area contributed by atoms with Crippen LogP contribution in [-0.2, 0) is 12.6 Å². The fourth-order valence-corrected chi connectivity index (χ4v) is 4.81. The van der Waals surface area contributed by atoms with Gasteiger partial charge in [-0.3, -0.25) is 4.98 Å². The Labute approximate surface area is 238 Å². The summed E-state index contributed by atoms with van der Waals surface area (Å²) in [7, 11) is 0. The maximum absolute atomic E-state index is 12.9. The van der Waals surface area contributed by atoms with Crippen LogP contribution < -0.4 is 10.6 Å². The number of nitrogens with zero attached hydrogens (tertiary/aromatic N) is 2. The molecule has 0 spiro atoms. The number of hydrogen-bond donors (Lipinski definition) is 2. The highest BCUT2D eigenvalue weighted by Crippen LogP contribution is 2.54. The first-order valence-corrected chi connectivity index (χ1v) is 13.6. The number of alkyl halides is 3. The van der Waals surface area contributed by atoms with Crippen molar-refractivity contribution in [2.75, 3.05) is 10.6 Å². The number of halogens is 3. The van der Waals surface area contributed by atoms with Gasteiger partial charge in [0.15, 0.2) is 0 Å². The summed E-state index contributed by atoms with van der Waals surface area (Å²) in [4.78, 5) is 17.2. The van der Waals surface area contributed by atoms with Crippen LogP contribution in [0.2, 0.25) is 0 Å². The van der Waals surface area contributed by atoms with E-state index in [1.165, 1.54) is 17.7 Å². The number of nitrogens with one attached hydrogen (secondary N) is 2. The van der Waals surface area contributed by atoms with Gasteiger partial charge in [-0.2, -0.15) is 18.4 Å². The summed E-state index contributed by atoms with van der Waals surface area (Å²) in [5, 5.41) is 15.0. The summed E-state index contributed by atoms with van der Waals surface area (Å²) in [6.45, 7) is 5.98. The van der Waals surface area contributed by atoms with Crippen LogP contribution in [0.15, 0.2) is 84.9 Å². The van der Waals surface area contributed by atoms with Crippen molar-refractivity contribution >= 4 is 17.4 Å². The molecule has 2 amide bonds. The number of aromatic nitrogens is 1. The molecule has 5 rings (SSSR count). The van der Waals surface area contributed by atoms with Crippen LogP contribution in [0, 0.1) is 11.3 Å². The molecule has 0 bridgehead atoms. The predicted molar refractivity (Wildman–Crippen MR) is 156 cm³/mol.